The van der Waals surface area contributed by atoms with Gasteiger partial charge in [0.1, 0.15) is 5.52 Å². The molecule has 10 heteroatoms. The minimum absolute atomic E-state index is 0.0921. The molecule has 2 amide bonds. The Balaban J connectivity index is 1.24. The largest absolute Gasteiger partial charge is 0.354 e. The molecule has 3 aromatic rings. The van der Waals surface area contributed by atoms with Gasteiger partial charge in [0.2, 0.25) is 5.28 Å². The number of urea groups is 1. The average molecular weight is 541 g/mol. The van der Waals surface area contributed by atoms with Crippen molar-refractivity contribution in [3.05, 3.63) is 41.4 Å². The van der Waals surface area contributed by atoms with Crippen LogP contribution in [0.25, 0.3) is 11.2 Å². The highest BCUT2D eigenvalue weighted by Crippen LogP contribution is 2.28. The number of imidazole rings is 1. The van der Waals surface area contributed by atoms with Gasteiger partial charge in [-0.05, 0) is 73.7 Å². The quantitative estimate of drug-likeness (QED) is 0.247. The summed E-state index contributed by atoms with van der Waals surface area (Å²) >= 11 is 6.18. The van der Waals surface area contributed by atoms with Crippen molar-refractivity contribution in [2.45, 2.75) is 65.3 Å². The van der Waals surface area contributed by atoms with E-state index < -0.39 is 0 Å². The van der Waals surface area contributed by atoms with Crippen LogP contribution in [0.4, 0.5) is 16.3 Å². The molecule has 0 spiro atoms. The van der Waals surface area contributed by atoms with Gasteiger partial charge in [0, 0.05) is 44.5 Å². The van der Waals surface area contributed by atoms with Crippen molar-refractivity contribution >= 4 is 40.3 Å². The number of hydrogen-bond acceptors (Lipinski definition) is 6. The van der Waals surface area contributed by atoms with Gasteiger partial charge >= 0.3 is 6.03 Å². The smallest absolute Gasteiger partial charge is 0.319 e. The number of fused-ring (bicyclic) bond motifs is 1. The van der Waals surface area contributed by atoms with E-state index in [0.29, 0.717) is 24.2 Å². The first-order valence-corrected chi connectivity index (χ1v) is 14.0. The number of hydrogen-bond donors (Lipinski definition) is 3. The number of nitrogens with zero attached hydrogens (tertiary/aromatic N) is 5. The number of aromatic nitrogens is 4. The molecule has 3 N–H and O–H groups in total. The molecule has 206 valence electrons. The molecule has 3 heterocycles. The second-order valence-electron chi connectivity index (χ2n) is 11.5. The van der Waals surface area contributed by atoms with Crippen LogP contribution in [-0.4, -0.2) is 69.6 Å². The van der Waals surface area contributed by atoms with Crippen LogP contribution in [0.15, 0.2) is 30.6 Å². The van der Waals surface area contributed by atoms with Gasteiger partial charge in [0.15, 0.2) is 11.5 Å². The van der Waals surface area contributed by atoms with Crippen LogP contribution < -0.4 is 15.5 Å². The third-order valence-electron chi connectivity index (χ3n) is 7.20. The number of H-pyrrole nitrogens is 1. The molecule has 4 rings (SSSR count). The minimum atomic E-state index is -0.166. The first-order valence-electron chi connectivity index (χ1n) is 13.6. The Labute approximate surface area is 230 Å². The van der Waals surface area contributed by atoms with Crippen molar-refractivity contribution in [3.8, 4) is 0 Å². The molecule has 2 aromatic heterocycles. The summed E-state index contributed by atoms with van der Waals surface area (Å²) in [5.41, 5.74) is 3.58. The number of benzene rings is 1. The van der Waals surface area contributed by atoms with Gasteiger partial charge in [-0.2, -0.15) is 9.97 Å². The zero-order valence-corrected chi connectivity index (χ0v) is 24.0. The van der Waals surface area contributed by atoms with Gasteiger partial charge in [-0.25, -0.2) is 9.78 Å². The highest BCUT2D eigenvalue weighted by molar-refractivity contribution is 6.28. The highest BCUT2D eigenvalue weighted by atomic mass is 35.5. The number of anilines is 2. The second kappa shape index (κ2) is 12.3. The molecule has 0 saturated carbocycles. The number of carbonyl (C=O) groups is 1. The predicted octanol–water partition coefficient (Wildman–Crippen LogP) is 5.44. The summed E-state index contributed by atoms with van der Waals surface area (Å²) in [4.78, 5) is 33.4. The predicted molar refractivity (Wildman–Crippen MR) is 155 cm³/mol. The lowest BCUT2D eigenvalue weighted by Gasteiger charge is -2.37. The molecular formula is C28H41ClN8O. The van der Waals surface area contributed by atoms with Crippen LogP contribution in [0.1, 0.15) is 59.4 Å². The molecule has 1 aliphatic heterocycles. The SMILES string of the molecule is CC(C)N(CCCNC(=O)Nc1ccc(C(C)(C)C)cc1)CC1CCCN(c2nc(Cl)nc3nc[nH]c23)C1. The van der Waals surface area contributed by atoms with E-state index in [0.717, 1.165) is 56.0 Å². The molecule has 0 bridgehead atoms. The van der Waals surface area contributed by atoms with Crippen molar-refractivity contribution in [1.82, 2.24) is 30.2 Å². The second-order valence-corrected chi connectivity index (χ2v) is 11.9. The lowest BCUT2D eigenvalue weighted by Crippen LogP contribution is -2.44. The number of carbonyl (C=O) groups excluding carboxylic acids is 1. The molecule has 1 atom stereocenters. The first-order chi connectivity index (χ1) is 18.1. The maximum atomic E-state index is 12.4. The van der Waals surface area contributed by atoms with E-state index in [9.17, 15) is 4.79 Å². The molecular weight excluding hydrogens is 500 g/mol. The van der Waals surface area contributed by atoms with E-state index >= 15 is 0 Å². The lowest BCUT2D eigenvalue weighted by atomic mass is 9.87. The van der Waals surface area contributed by atoms with Gasteiger partial charge in [-0.15, -0.1) is 0 Å². The van der Waals surface area contributed by atoms with Crippen LogP contribution in [0.5, 0.6) is 0 Å². The third kappa shape index (κ3) is 7.35. The zero-order chi connectivity index (χ0) is 27.3. The van der Waals surface area contributed by atoms with E-state index in [-0.39, 0.29) is 16.7 Å². The summed E-state index contributed by atoms with van der Waals surface area (Å²) < 4.78 is 0. The summed E-state index contributed by atoms with van der Waals surface area (Å²) in [6.07, 6.45) is 4.81. The summed E-state index contributed by atoms with van der Waals surface area (Å²) in [6.45, 7) is 15.4. The van der Waals surface area contributed by atoms with Crippen LogP contribution in [0, 0.1) is 5.92 Å². The number of amides is 2. The Bertz CT molecular complexity index is 1200. The molecule has 1 unspecified atom stereocenters. The first kappa shape index (κ1) is 28.1. The van der Waals surface area contributed by atoms with Crippen molar-refractivity contribution in [2.24, 2.45) is 5.92 Å². The average Bonchev–Trinajstić information content (AvgIpc) is 3.33. The highest BCUT2D eigenvalue weighted by Gasteiger charge is 2.26. The fourth-order valence-corrected chi connectivity index (χ4v) is 5.19. The van der Waals surface area contributed by atoms with E-state index in [1.165, 1.54) is 12.0 Å². The molecule has 9 nitrogen and oxygen atoms in total. The fourth-order valence-electron chi connectivity index (χ4n) is 5.03. The fraction of sp³-hybridized carbons (Fsp3) is 0.571. The van der Waals surface area contributed by atoms with E-state index in [1.807, 2.05) is 12.1 Å². The van der Waals surface area contributed by atoms with Gasteiger partial charge in [-0.3, -0.25) is 0 Å². The molecule has 38 heavy (non-hydrogen) atoms. The topological polar surface area (TPSA) is 102 Å². The monoisotopic (exact) mass is 540 g/mol. The number of nitrogens with one attached hydrogen (secondary N) is 3. The maximum Gasteiger partial charge on any atom is 0.319 e. The van der Waals surface area contributed by atoms with Crippen LogP contribution in [0.2, 0.25) is 5.28 Å². The van der Waals surface area contributed by atoms with Crippen molar-refractivity contribution in [3.63, 3.8) is 0 Å². The van der Waals surface area contributed by atoms with E-state index in [2.05, 4.69) is 87.1 Å². The number of aromatic amines is 1. The summed E-state index contributed by atoms with van der Waals surface area (Å²) in [7, 11) is 0. The van der Waals surface area contributed by atoms with Crippen LogP contribution in [-0.2, 0) is 5.41 Å². The number of rotatable bonds is 9. The van der Waals surface area contributed by atoms with Crippen molar-refractivity contribution < 1.29 is 4.79 Å². The van der Waals surface area contributed by atoms with Gasteiger partial charge < -0.3 is 25.4 Å². The molecule has 1 saturated heterocycles. The summed E-state index contributed by atoms with van der Waals surface area (Å²) in [5, 5.41) is 6.16. The zero-order valence-electron chi connectivity index (χ0n) is 23.2. The van der Waals surface area contributed by atoms with Crippen molar-refractivity contribution in [2.75, 3.05) is 42.9 Å². The molecule has 0 radical (unpaired) electrons. The Morgan fingerprint density at radius 3 is 2.71 bits per heavy atom. The number of piperidine rings is 1. The van der Waals surface area contributed by atoms with Crippen LogP contribution in [0.3, 0.4) is 0 Å². The van der Waals surface area contributed by atoms with Crippen LogP contribution >= 0.6 is 11.6 Å². The van der Waals surface area contributed by atoms with E-state index in [4.69, 9.17) is 11.6 Å². The Kier molecular flexibility index (Phi) is 9.10. The third-order valence-corrected chi connectivity index (χ3v) is 7.37. The summed E-state index contributed by atoms with van der Waals surface area (Å²) in [6, 6.07) is 8.32. The molecule has 1 aromatic carbocycles. The molecule has 1 fully saturated rings. The lowest BCUT2D eigenvalue weighted by molar-refractivity contribution is 0.174. The van der Waals surface area contributed by atoms with E-state index in [1.54, 1.807) is 6.33 Å². The van der Waals surface area contributed by atoms with Crippen molar-refractivity contribution in [1.29, 1.82) is 0 Å². The Hall–Kier alpha value is -2.91. The normalized spacial score (nSPS) is 16.4. The van der Waals surface area contributed by atoms with Gasteiger partial charge in [0.25, 0.3) is 0 Å². The Morgan fingerprint density at radius 2 is 2.00 bits per heavy atom. The Morgan fingerprint density at radius 1 is 1.24 bits per heavy atom. The maximum absolute atomic E-state index is 12.4. The number of halogens is 1. The standard InChI is InChI=1S/C28H41ClN8O/c1-19(2)36(15-7-13-30-27(38)33-22-11-9-21(10-12-22)28(3,4)5)16-20-8-6-14-37(17-20)25-23-24(32-18-31-23)34-26(29)35-25/h9-12,18-20H,6-8,13-17H2,1-5H3,(H2,30,33,38)(H,31,32,34,35). The molecule has 0 aliphatic carbocycles. The summed E-state index contributed by atoms with van der Waals surface area (Å²) in [5.74, 6) is 1.35. The minimum Gasteiger partial charge on any atom is -0.354 e. The van der Waals surface area contributed by atoms with Gasteiger partial charge in [0.05, 0.1) is 6.33 Å². The van der Waals surface area contributed by atoms with Gasteiger partial charge in [-0.1, -0.05) is 32.9 Å². The molecule has 1 aliphatic rings.